The van der Waals surface area contributed by atoms with Gasteiger partial charge in [-0.2, -0.15) is 0 Å². The lowest BCUT2D eigenvalue weighted by molar-refractivity contribution is 0.0935. The van der Waals surface area contributed by atoms with Crippen LogP contribution in [0.5, 0.6) is 0 Å². The van der Waals surface area contributed by atoms with Gasteiger partial charge in [0.1, 0.15) is 0 Å². The van der Waals surface area contributed by atoms with E-state index in [2.05, 4.69) is 27.8 Å². The zero-order valence-electron chi connectivity index (χ0n) is 17.1. The minimum absolute atomic E-state index is 0.0383. The molecule has 2 heterocycles. The highest BCUT2D eigenvalue weighted by Crippen LogP contribution is 2.31. The van der Waals surface area contributed by atoms with Crippen LogP contribution in [0.25, 0.3) is 10.1 Å². The van der Waals surface area contributed by atoms with Crippen molar-refractivity contribution in [3.05, 3.63) is 99.1 Å². The largest absolute Gasteiger partial charge is 0.347 e. The number of benzene rings is 2. The van der Waals surface area contributed by atoms with Crippen LogP contribution in [0.2, 0.25) is 5.02 Å². The molecule has 2 amide bonds. The van der Waals surface area contributed by atoms with Gasteiger partial charge in [-0.15, -0.1) is 11.3 Å². The third-order valence-electron chi connectivity index (χ3n) is 5.70. The zero-order valence-corrected chi connectivity index (χ0v) is 18.7. The quantitative estimate of drug-likeness (QED) is 0.424. The van der Waals surface area contributed by atoms with Gasteiger partial charge in [-0.1, -0.05) is 48.0 Å². The monoisotopic (exact) mass is 461 g/mol. The molecular formula is C25H20ClN3O2S. The van der Waals surface area contributed by atoms with Crippen LogP contribution < -0.4 is 10.6 Å². The molecule has 0 spiro atoms. The smallest absolute Gasteiger partial charge is 0.261 e. The van der Waals surface area contributed by atoms with Gasteiger partial charge in [0.2, 0.25) is 0 Å². The zero-order chi connectivity index (χ0) is 22.1. The fourth-order valence-electron chi connectivity index (χ4n) is 4.08. The molecule has 0 fully saturated rings. The van der Waals surface area contributed by atoms with Crippen molar-refractivity contribution in [2.45, 2.75) is 25.4 Å². The number of aryl methyl sites for hydroxylation is 1. The Morgan fingerprint density at radius 3 is 2.81 bits per heavy atom. The summed E-state index contributed by atoms with van der Waals surface area (Å²) in [5.41, 5.74) is 3.94. The van der Waals surface area contributed by atoms with Gasteiger partial charge in [0, 0.05) is 29.9 Å². The molecule has 5 nitrogen and oxygen atoms in total. The third kappa shape index (κ3) is 4.11. The number of nitrogens with zero attached hydrogens (tertiary/aromatic N) is 1. The number of pyridine rings is 1. The van der Waals surface area contributed by atoms with Crippen LogP contribution in [-0.4, -0.2) is 16.8 Å². The molecule has 2 N–H and O–H groups in total. The van der Waals surface area contributed by atoms with Gasteiger partial charge in [0.25, 0.3) is 11.8 Å². The molecule has 2 aromatic heterocycles. The van der Waals surface area contributed by atoms with E-state index in [1.807, 2.05) is 30.3 Å². The summed E-state index contributed by atoms with van der Waals surface area (Å²) in [6.07, 6.45) is 5.16. The maximum absolute atomic E-state index is 12.8. The fraction of sp³-hybridized carbons (Fsp3) is 0.160. The van der Waals surface area contributed by atoms with Crippen LogP contribution >= 0.6 is 22.9 Å². The summed E-state index contributed by atoms with van der Waals surface area (Å²) in [7, 11) is 0. The van der Waals surface area contributed by atoms with Gasteiger partial charge in [-0.05, 0) is 47.7 Å². The van der Waals surface area contributed by atoms with Crippen LogP contribution in [0.1, 0.15) is 49.2 Å². The number of nitrogens with one attached hydrogen (secondary N) is 2. The Morgan fingerprint density at radius 1 is 1.06 bits per heavy atom. The van der Waals surface area contributed by atoms with Crippen LogP contribution in [0.4, 0.5) is 0 Å². The molecule has 0 saturated heterocycles. The Hall–Kier alpha value is -3.22. The minimum atomic E-state index is -0.181. The van der Waals surface area contributed by atoms with Crippen LogP contribution in [-0.2, 0) is 13.0 Å². The average Bonchev–Trinajstić information content (AvgIpc) is 3.43. The molecule has 5 rings (SSSR count). The van der Waals surface area contributed by atoms with Crippen molar-refractivity contribution < 1.29 is 9.59 Å². The minimum Gasteiger partial charge on any atom is -0.347 e. The second kappa shape index (κ2) is 8.73. The number of hydrogen-bond donors (Lipinski definition) is 2. The summed E-state index contributed by atoms with van der Waals surface area (Å²) in [5.74, 6) is -0.286. The standard InChI is InChI=1S/C25H20ClN3O2S/c26-20-13-27-14-23-19(20)11-22(32-23)25(31)28-12-15-4-3-6-17(10-15)24(30)29-21-9-8-16-5-1-2-7-18(16)21/h1-7,10-11,13-14,21H,8-9,12H2,(H,28,31)(H,29,30)/t21-/m1/s1. The molecule has 7 heteroatoms. The molecular weight excluding hydrogens is 442 g/mol. The average molecular weight is 462 g/mol. The molecule has 4 aromatic rings. The Morgan fingerprint density at radius 2 is 1.94 bits per heavy atom. The van der Waals surface area contributed by atoms with E-state index in [-0.39, 0.29) is 17.9 Å². The number of halogens is 1. The van der Waals surface area contributed by atoms with Gasteiger partial charge in [0.05, 0.1) is 20.6 Å². The Kier molecular flexibility index (Phi) is 5.64. The SMILES string of the molecule is O=C(N[C@@H]1CCc2ccccc21)c1cccc(CNC(=O)c2cc3c(Cl)cncc3s2)c1. The van der Waals surface area contributed by atoms with E-state index >= 15 is 0 Å². The molecule has 0 aliphatic heterocycles. The predicted octanol–water partition coefficient (Wildman–Crippen LogP) is 5.30. The Labute approximate surface area is 194 Å². The molecule has 160 valence electrons. The molecule has 0 saturated carbocycles. The van der Waals surface area contributed by atoms with Gasteiger partial charge >= 0.3 is 0 Å². The van der Waals surface area contributed by atoms with E-state index in [1.165, 1.54) is 22.5 Å². The molecule has 1 aliphatic carbocycles. The predicted molar refractivity (Wildman–Crippen MR) is 127 cm³/mol. The number of amides is 2. The van der Waals surface area contributed by atoms with Crippen molar-refractivity contribution in [3.63, 3.8) is 0 Å². The summed E-state index contributed by atoms with van der Waals surface area (Å²) in [5, 5.41) is 7.42. The number of thiophene rings is 1. The van der Waals surface area contributed by atoms with Gasteiger partial charge < -0.3 is 10.6 Å². The first-order valence-corrected chi connectivity index (χ1v) is 11.6. The highest BCUT2D eigenvalue weighted by Gasteiger charge is 2.23. The Balaban J connectivity index is 1.24. The maximum atomic E-state index is 12.8. The van der Waals surface area contributed by atoms with E-state index in [0.717, 1.165) is 28.5 Å². The molecule has 1 aliphatic rings. The van der Waals surface area contributed by atoms with Crippen molar-refractivity contribution in [2.75, 3.05) is 0 Å². The number of aromatic nitrogens is 1. The number of carbonyl (C=O) groups excluding carboxylic acids is 2. The van der Waals surface area contributed by atoms with Crippen LogP contribution in [0.15, 0.2) is 67.0 Å². The molecule has 1 atom stereocenters. The molecule has 2 aromatic carbocycles. The van der Waals surface area contributed by atoms with E-state index in [4.69, 9.17) is 11.6 Å². The molecule has 0 unspecified atom stereocenters. The van der Waals surface area contributed by atoms with Gasteiger partial charge in [0.15, 0.2) is 0 Å². The second-order valence-electron chi connectivity index (χ2n) is 7.79. The van der Waals surface area contributed by atoms with E-state index in [9.17, 15) is 9.59 Å². The van der Waals surface area contributed by atoms with Gasteiger partial charge in [-0.25, -0.2) is 0 Å². The van der Waals surface area contributed by atoms with Crippen molar-refractivity contribution in [1.29, 1.82) is 0 Å². The summed E-state index contributed by atoms with van der Waals surface area (Å²) in [6.45, 7) is 0.326. The van der Waals surface area contributed by atoms with Crippen molar-refractivity contribution >= 4 is 44.8 Å². The highest BCUT2D eigenvalue weighted by atomic mass is 35.5. The normalized spacial score (nSPS) is 14.8. The number of hydrogen-bond acceptors (Lipinski definition) is 4. The van der Waals surface area contributed by atoms with Gasteiger partial charge in [-0.3, -0.25) is 14.6 Å². The van der Waals surface area contributed by atoms with E-state index in [1.54, 1.807) is 24.5 Å². The van der Waals surface area contributed by atoms with Crippen LogP contribution in [0.3, 0.4) is 0 Å². The van der Waals surface area contributed by atoms with E-state index in [0.29, 0.717) is 22.0 Å². The first-order valence-electron chi connectivity index (χ1n) is 10.4. The van der Waals surface area contributed by atoms with Crippen molar-refractivity contribution in [3.8, 4) is 0 Å². The van der Waals surface area contributed by atoms with Crippen molar-refractivity contribution in [1.82, 2.24) is 15.6 Å². The molecule has 0 radical (unpaired) electrons. The first-order chi connectivity index (χ1) is 15.6. The maximum Gasteiger partial charge on any atom is 0.261 e. The summed E-state index contributed by atoms with van der Waals surface area (Å²) in [4.78, 5) is 30.1. The Bertz CT molecular complexity index is 1330. The van der Waals surface area contributed by atoms with Crippen LogP contribution in [0, 0.1) is 0 Å². The lowest BCUT2D eigenvalue weighted by Gasteiger charge is -2.14. The lowest BCUT2D eigenvalue weighted by atomic mass is 10.1. The first kappa shape index (κ1) is 20.7. The summed E-state index contributed by atoms with van der Waals surface area (Å²) < 4.78 is 0.870. The van der Waals surface area contributed by atoms with Crippen molar-refractivity contribution in [2.24, 2.45) is 0 Å². The number of carbonyl (C=O) groups is 2. The van der Waals surface area contributed by atoms with E-state index < -0.39 is 0 Å². The highest BCUT2D eigenvalue weighted by molar-refractivity contribution is 7.20. The fourth-order valence-corrected chi connectivity index (χ4v) is 5.32. The lowest BCUT2D eigenvalue weighted by Crippen LogP contribution is -2.27. The summed E-state index contributed by atoms with van der Waals surface area (Å²) >= 11 is 7.51. The summed E-state index contributed by atoms with van der Waals surface area (Å²) in [6, 6.07) is 17.4. The number of rotatable bonds is 5. The number of fused-ring (bicyclic) bond motifs is 2. The second-order valence-corrected chi connectivity index (χ2v) is 9.28. The molecule has 0 bridgehead atoms. The third-order valence-corrected chi connectivity index (χ3v) is 7.07. The molecule has 32 heavy (non-hydrogen) atoms. The topological polar surface area (TPSA) is 71.1 Å².